The van der Waals surface area contributed by atoms with Gasteiger partial charge in [0.2, 0.25) is 15.9 Å². The number of rotatable bonds is 13. The molecule has 0 N–H and O–H groups in total. The van der Waals surface area contributed by atoms with Crippen LogP contribution in [0.25, 0.3) is 0 Å². The highest BCUT2D eigenvalue weighted by atomic mass is 32.2. The Balaban J connectivity index is 2.03. The Bertz CT molecular complexity index is 1320. The van der Waals surface area contributed by atoms with Crippen LogP contribution in [0.5, 0.6) is 0 Å². The molecule has 1 saturated heterocycles. The molecule has 6 unspecified atom stereocenters. The first-order chi connectivity index (χ1) is 20.9. The normalized spacial score (nSPS) is 28.5. The van der Waals surface area contributed by atoms with E-state index in [4.69, 9.17) is 8.85 Å². The fourth-order valence-electron chi connectivity index (χ4n) is 8.36. The van der Waals surface area contributed by atoms with E-state index in [1.807, 2.05) is 26.8 Å². The Kier molecular flexibility index (Phi) is 11.0. The number of nitrogens with zero attached hydrogens (tertiary/aromatic N) is 1. The minimum absolute atomic E-state index is 0.0181. The minimum atomic E-state index is -3.80. The van der Waals surface area contributed by atoms with E-state index in [9.17, 15) is 18.0 Å². The second-order valence-electron chi connectivity index (χ2n) is 19.6. The summed E-state index contributed by atoms with van der Waals surface area (Å²) in [5.41, 5.74) is -1.62. The van der Waals surface area contributed by atoms with Crippen molar-refractivity contribution in [1.82, 2.24) is 4.31 Å². The number of sulfonamides is 1. The van der Waals surface area contributed by atoms with E-state index < -0.39 is 55.4 Å². The maximum Gasteiger partial charge on any atom is 0.238 e. The minimum Gasteiger partial charge on any atom is -0.413 e. The maximum absolute atomic E-state index is 14.8. The fraction of sp³-hybridized carbons (Fsp3) is 0.892. The first-order valence-electron chi connectivity index (χ1n) is 18.0. The van der Waals surface area contributed by atoms with Crippen LogP contribution < -0.4 is 0 Å². The molecule has 3 aliphatic rings. The molecule has 7 nitrogen and oxygen atoms in total. The Morgan fingerprint density at radius 1 is 0.957 bits per heavy atom. The summed E-state index contributed by atoms with van der Waals surface area (Å²) in [6.45, 7) is 37.9. The largest absolute Gasteiger partial charge is 0.413 e. The van der Waals surface area contributed by atoms with Gasteiger partial charge < -0.3 is 8.85 Å². The third kappa shape index (κ3) is 7.07. The Labute approximate surface area is 290 Å². The van der Waals surface area contributed by atoms with Crippen LogP contribution in [0.15, 0.2) is 12.7 Å². The van der Waals surface area contributed by atoms with Crippen molar-refractivity contribution in [3.05, 3.63) is 12.7 Å². The SMILES string of the molecule is C=CCC(C)[C@H](O[Si](C)(C)C(C)(C)C)C(C)C(=O)C(C)(C)C(CC(=O)N1C2CC3CCC2(CS1(=O)=O)C3(C)C)O[Si](C)(C)C(C)(C)C. The van der Waals surface area contributed by atoms with E-state index in [0.717, 1.165) is 19.3 Å². The lowest BCUT2D eigenvalue weighted by Gasteiger charge is -2.46. The predicted molar refractivity (Wildman–Crippen MR) is 199 cm³/mol. The second-order valence-corrected chi connectivity index (χ2v) is 31.0. The molecule has 1 aliphatic heterocycles. The third-order valence-corrected chi connectivity index (χ3v) is 24.8. The molecule has 0 aromatic rings. The summed E-state index contributed by atoms with van der Waals surface area (Å²) < 4.78 is 42.9. The first kappa shape index (κ1) is 40.6. The van der Waals surface area contributed by atoms with Crippen LogP contribution in [0.3, 0.4) is 0 Å². The molecule has 0 radical (unpaired) electrons. The maximum atomic E-state index is 14.8. The monoisotopic (exact) mass is 711 g/mol. The van der Waals surface area contributed by atoms with Crippen molar-refractivity contribution < 1.29 is 26.9 Å². The highest BCUT2D eigenvalue weighted by Crippen LogP contribution is 2.70. The Morgan fingerprint density at radius 3 is 1.94 bits per heavy atom. The fourth-order valence-corrected chi connectivity index (χ4v) is 13.8. The highest BCUT2D eigenvalue weighted by Gasteiger charge is 2.72. The van der Waals surface area contributed by atoms with E-state index in [-0.39, 0.29) is 51.5 Å². The van der Waals surface area contributed by atoms with Crippen LogP contribution in [0, 0.1) is 34.0 Å². The van der Waals surface area contributed by atoms with Gasteiger partial charge in [0.25, 0.3) is 0 Å². The number of fused-ring (bicyclic) bond motifs is 1. The van der Waals surface area contributed by atoms with Crippen LogP contribution in [0.2, 0.25) is 36.3 Å². The summed E-state index contributed by atoms with van der Waals surface area (Å²) >= 11 is 0. The van der Waals surface area contributed by atoms with Gasteiger partial charge in [-0.3, -0.25) is 9.59 Å². The van der Waals surface area contributed by atoms with Crippen LogP contribution in [-0.2, 0) is 28.5 Å². The molecule has 2 bridgehead atoms. The van der Waals surface area contributed by atoms with Gasteiger partial charge in [-0.2, -0.15) is 0 Å². The Morgan fingerprint density at radius 2 is 1.47 bits per heavy atom. The zero-order valence-electron chi connectivity index (χ0n) is 32.8. The van der Waals surface area contributed by atoms with Crippen LogP contribution >= 0.6 is 0 Å². The molecule has 1 amide bonds. The summed E-state index contributed by atoms with van der Waals surface area (Å²) in [5.74, 6) is -0.422. The van der Waals surface area contributed by atoms with Gasteiger partial charge in [0.1, 0.15) is 5.78 Å². The molecule has 3 fully saturated rings. The number of carbonyl (C=O) groups excluding carboxylic acids is 2. The van der Waals surface area contributed by atoms with Gasteiger partial charge in [0.15, 0.2) is 16.6 Å². The molecule has 47 heavy (non-hydrogen) atoms. The molecule has 2 aliphatic carbocycles. The molecule has 0 aromatic carbocycles. The number of Topliss-reactive ketones (excluding diaryl/α,β-unsaturated/α-hetero) is 1. The van der Waals surface area contributed by atoms with Gasteiger partial charge >= 0.3 is 0 Å². The van der Waals surface area contributed by atoms with Crippen LogP contribution in [0.4, 0.5) is 0 Å². The molecule has 272 valence electrons. The predicted octanol–water partition coefficient (Wildman–Crippen LogP) is 8.97. The van der Waals surface area contributed by atoms with Crippen molar-refractivity contribution in [2.45, 2.75) is 170 Å². The topological polar surface area (TPSA) is 90.0 Å². The first-order valence-corrected chi connectivity index (χ1v) is 25.4. The van der Waals surface area contributed by atoms with Crippen molar-refractivity contribution in [2.24, 2.45) is 34.0 Å². The lowest BCUT2D eigenvalue weighted by Crippen LogP contribution is -2.55. The molecular weight excluding hydrogens is 643 g/mol. The number of amides is 1. The lowest BCUT2D eigenvalue weighted by atomic mass is 9.69. The summed E-state index contributed by atoms with van der Waals surface area (Å²) in [6, 6.07) is -0.317. The van der Waals surface area contributed by atoms with Gasteiger partial charge in [-0.05, 0) is 79.2 Å². The van der Waals surface area contributed by atoms with E-state index >= 15 is 0 Å². The van der Waals surface area contributed by atoms with Crippen molar-refractivity contribution in [3.63, 3.8) is 0 Å². The van der Waals surface area contributed by atoms with Gasteiger partial charge in [-0.15, -0.1) is 6.58 Å². The third-order valence-electron chi connectivity index (χ3n) is 13.9. The Hall–Kier alpha value is -0.816. The van der Waals surface area contributed by atoms with E-state index in [0.29, 0.717) is 12.3 Å². The molecule has 1 spiro atoms. The van der Waals surface area contributed by atoms with Crippen LogP contribution in [0.1, 0.15) is 115 Å². The van der Waals surface area contributed by atoms with Crippen LogP contribution in [-0.4, -0.2) is 65.1 Å². The molecule has 3 rings (SSSR count). The molecular formula is C37H69NO6SSi2. The number of hydrogen-bond donors (Lipinski definition) is 0. The average Bonchev–Trinajstić information content (AvgIpc) is 3.37. The van der Waals surface area contributed by atoms with Crippen molar-refractivity contribution in [2.75, 3.05) is 5.75 Å². The quantitative estimate of drug-likeness (QED) is 0.140. The summed E-state index contributed by atoms with van der Waals surface area (Å²) in [7, 11) is -8.54. The molecule has 10 heteroatoms. The summed E-state index contributed by atoms with van der Waals surface area (Å²) in [6.07, 6.45) is 3.91. The van der Waals surface area contributed by atoms with E-state index in [1.165, 1.54) is 4.31 Å². The van der Waals surface area contributed by atoms with Gasteiger partial charge in [0, 0.05) is 16.7 Å². The number of ketones is 1. The van der Waals surface area contributed by atoms with Crippen molar-refractivity contribution in [1.29, 1.82) is 0 Å². The van der Waals surface area contributed by atoms with E-state index in [2.05, 4.69) is 95.1 Å². The summed E-state index contributed by atoms with van der Waals surface area (Å²) in [5, 5.41) is -0.214. The number of carbonyl (C=O) groups is 2. The lowest BCUT2D eigenvalue weighted by molar-refractivity contribution is -0.143. The smallest absolute Gasteiger partial charge is 0.238 e. The van der Waals surface area contributed by atoms with E-state index in [1.54, 1.807) is 0 Å². The van der Waals surface area contributed by atoms with Crippen molar-refractivity contribution in [3.8, 4) is 0 Å². The second kappa shape index (κ2) is 12.7. The molecule has 0 aromatic heterocycles. The standard InChI is InChI=1S/C37H69NO6SSi2/c1-18-19-25(2)31(44-47(16,17)34(7,8)9)26(3)32(40)35(10,11)29(43-46(14,15)33(4,5)6)23-30(39)38-28-22-27-20-21-37(28,36(27,12)13)24-45(38,41)42/h18,25-29,31H,1,19-24H2,2-17H3/t25?,26?,27?,28?,29?,31-,37?/m0/s1. The van der Waals surface area contributed by atoms with Gasteiger partial charge in [0.05, 0.1) is 30.4 Å². The zero-order valence-corrected chi connectivity index (χ0v) is 35.6. The average molecular weight is 712 g/mol. The number of allylic oxidation sites excluding steroid dienone is 1. The van der Waals surface area contributed by atoms with Gasteiger partial charge in [-0.25, -0.2) is 12.7 Å². The molecule has 2 saturated carbocycles. The number of hydrogen-bond acceptors (Lipinski definition) is 6. The van der Waals surface area contributed by atoms with Gasteiger partial charge in [-0.1, -0.05) is 89.2 Å². The summed E-state index contributed by atoms with van der Waals surface area (Å²) in [4.78, 5) is 29.3. The zero-order chi connectivity index (χ0) is 36.6. The highest BCUT2D eigenvalue weighted by molar-refractivity contribution is 7.90. The molecule has 1 heterocycles. The molecule has 7 atom stereocenters. The van der Waals surface area contributed by atoms with Crippen molar-refractivity contribution >= 4 is 38.3 Å².